The highest BCUT2D eigenvalue weighted by Crippen LogP contribution is 2.20. The first-order valence-electron chi connectivity index (χ1n) is 6.48. The number of nitrogens with one attached hydrogen (secondary N) is 2. The van der Waals surface area contributed by atoms with Gasteiger partial charge < -0.3 is 21.3 Å². The van der Waals surface area contributed by atoms with Gasteiger partial charge in [-0.15, -0.1) is 11.3 Å². The Labute approximate surface area is 128 Å². The molecule has 0 aromatic carbocycles. The van der Waals surface area contributed by atoms with Gasteiger partial charge in [-0.3, -0.25) is 4.79 Å². The van der Waals surface area contributed by atoms with Gasteiger partial charge in [0.1, 0.15) is 0 Å². The number of carbonyl (C=O) groups excluding carboxylic acids is 2. The van der Waals surface area contributed by atoms with E-state index in [1.54, 1.807) is 20.2 Å². The molecule has 0 aliphatic heterocycles. The predicted molar refractivity (Wildman–Crippen MR) is 84.4 cm³/mol. The van der Waals surface area contributed by atoms with Crippen molar-refractivity contribution in [1.29, 1.82) is 0 Å². The molecule has 0 fully saturated rings. The Bertz CT molecular complexity index is 569. The van der Waals surface area contributed by atoms with Crippen LogP contribution < -0.4 is 16.4 Å². The van der Waals surface area contributed by atoms with E-state index in [0.29, 0.717) is 24.5 Å². The van der Waals surface area contributed by atoms with E-state index >= 15 is 0 Å². The number of rotatable bonds is 4. The van der Waals surface area contributed by atoms with Gasteiger partial charge in [-0.05, 0) is 18.6 Å². The number of thiophene rings is 1. The third kappa shape index (κ3) is 5.45. The highest BCUT2D eigenvalue weighted by Gasteiger charge is 2.11. The van der Waals surface area contributed by atoms with Crippen molar-refractivity contribution in [2.24, 2.45) is 5.73 Å². The molecule has 6 nitrogen and oxygen atoms in total. The van der Waals surface area contributed by atoms with Crippen LogP contribution in [-0.4, -0.2) is 50.6 Å². The number of urea groups is 1. The maximum absolute atomic E-state index is 12.0. The molecule has 3 amide bonds. The Morgan fingerprint density at radius 3 is 2.62 bits per heavy atom. The van der Waals surface area contributed by atoms with Crippen molar-refractivity contribution in [3.63, 3.8) is 0 Å². The molecule has 0 aliphatic rings. The topological polar surface area (TPSA) is 87.5 Å². The fourth-order valence-electron chi connectivity index (χ4n) is 1.44. The van der Waals surface area contributed by atoms with Gasteiger partial charge in [0.15, 0.2) is 0 Å². The molecule has 0 unspecified atom stereocenters. The number of amides is 3. The molecule has 1 aromatic heterocycles. The zero-order chi connectivity index (χ0) is 15.8. The second-order valence-corrected chi connectivity index (χ2v) is 5.56. The lowest BCUT2D eigenvalue weighted by molar-refractivity contribution is 0.0957. The molecule has 4 N–H and O–H groups in total. The molecule has 0 saturated heterocycles. The Kier molecular flexibility index (Phi) is 6.72. The molecular formula is C14H20N4O2S. The van der Waals surface area contributed by atoms with Gasteiger partial charge in [-0.25, -0.2) is 4.79 Å². The Morgan fingerprint density at radius 1 is 1.33 bits per heavy atom. The summed E-state index contributed by atoms with van der Waals surface area (Å²) in [4.78, 5) is 26.1. The van der Waals surface area contributed by atoms with Crippen LogP contribution >= 0.6 is 11.3 Å². The quantitative estimate of drug-likeness (QED) is 0.555. The average molecular weight is 308 g/mol. The van der Waals surface area contributed by atoms with E-state index < -0.39 is 0 Å². The number of hydrogen-bond donors (Lipinski definition) is 3. The first-order valence-corrected chi connectivity index (χ1v) is 7.30. The van der Waals surface area contributed by atoms with Crippen LogP contribution in [0.3, 0.4) is 0 Å². The van der Waals surface area contributed by atoms with E-state index in [-0.39, 0.29) is 11.9 Å². The maximum atomic E-state index is 12.0. The zero-order valence-corrected chi connectivity index (χ0v) is 13.3. The molecule has 0 aliphatic carbocycles. The Balaban J connectivity index is 2.47. The number of nitrogens with two attached hydrogens (primary N) is 1. The minimum atomic E-state index is -0.185. The summed E-state index contributed by atoms with van der Waals surface area (Å²) in [5, 5.41) is 5.43. The van der Waals surface area contributed by atoms with Crippen molar-refractivity contribution >= 4 is 23.3 Å². The fraction of sp³-hybridized carbons (Fsp3) is 0.429. The summed E-state index contributed by atoms with van der Waals surface area (Å²) >= 11 is 1.34. The predicted octanol–water partition coefficient (Wildman–Crippen LogP) is 0.368. The number of aryl methyl sites for hydroxylation is 1. The largest absolute Gasteiger partial charge is 0.350 e. The molecule has 114 valence electrons. The second kappa shape index (κ2) is 8.29. The van der Waals surface area contributed by atoms with Crippen LogP contribution in [0.4, 0.5) is 4.79 Å². The minimum Gasteiger partial charge on any atom is -0.350 e. The zero-order valence-electron chi connectivity index (χ0n) is 12.4. The maximum Gasteiger partial charge on any atom is 0.316 e. The van der Waals surface area contributed by atoms with E-state index in [1.807, 2.05) is 6.92 Å². The Morgan fingerprint density at radius 2 is 2.00 bits per heavy atom. The highest BCUT2D eigenvalue weighted by molar-refractivity contribution is 7.14. The third-order valence-electron chi connectivity index (χ3n) is 2.54. The minimum absolute atomic E-state index is 0.164. The van der Waals surface area contributed by atoms with Crippen molar-refractivity contribution in [2.45, 2.75) is 6.92 Å². The van der Waals surface area contributed by atoms with Crippen LogP contribution in [0.15, 0.2) is 6.07 Å². The third-order valence-corrected chi connectivity index (χ3v) is 3.69. The summed E-state index contributed by atoms with van der Waals surface area (Å²) in [5.74, 6) is 5.56. The summed E-state index contributed by atoms with van der Waals surface area (Å²) in [7, 11) is 3.32. The lowest BCUT2D eigenvalue weighted by atomic mass is 10.2. The van der Waals surface area contributed by atoms with E-state index in [2.05, 4.69) is 22.5 Å². The van der Waals surface area contributed by atoms with Crippen molar-refractivity contribution in [3.8, 4) is 11.8 Å². The Hall–Kier alpha value is -2.04. The molecule has 1 aromatic rings. The van der Waals surface area contributed by atoms with Gasteiger partial charge >= 0.3 is 6.03 Å². The van der Waals surface area contributed by atoms with Gasteiger partial charge in [-0.1, -0.05) is 11.8 Å². The van der Waals surface area contributed by atoms with E-state index in [0.717, 1.165) is 10.4 Å². The van der Waals surface area contributed by atoms with E-state index in [4.69, 9.17) is 5.73 Å². The number of carbonyl (C=O) groups is 2. The normalized spacial score (nSPS) is 9.52. The summed E-state index contributed by atoms with van der Waals surface area (Å²) in [6, 6.07) is 1.62. The van der Waals surface area contributed by atoms with E-state index in [9.17, 15) is 9.59 Å². The molecule has 7 heteroatoms. The number of hydrogen-bond acceptors (Lipinski definition) is 4. The molecule has 0 spiro atoms. The van der Waals surface area contributed by atoms with Crippen molar-refractivity contribution in [1.82, 2.24) is 15.5 Å². The number of nitrogens with zero attached hydrogens (tertiary/aromatic N) is 1. The van der Waals surface area contributed by atoms with Gasteiger partial charge in [0, 0.05) is 27.2 Å². The second-order valence-electron chi connectivity index (χ2n) is 4.51. The average Bonchev–Trinajstić information content (AvgIpc) is 2.82. The molecule has 0 bridgehead atoms. The molecule has 1 rings (SSSR count). The summed E-state index contributed by atoms with van der Waals surface area (Å²) < 4.78 is 0. The molecule has 1 heterocycles. The van der Waals surface area contributed by atoms with Crippen LogP contribution in [0, 0.1) is 18.8 Å². The first-order chi connectivity index (χ1) is 9.95. The van der Waals surface area contributed by atoms with Crippen LogP contribution in [0.25, 0.3) is 0 Å². The van der Waals surface area contributed by atoms with Gasteiger partial charge in [0.25, 0.3) is 5.91 Å². The molecule has 21 heavy (non-hydrogen) atoms. The van der Waals surface area contributed by atoms with Crippen molar-refractivity contribution in [3.05, 3.63) is 21.4 Å². The summed E-state index contributed by atoms with van der Waals surface area (Å²) in [6.45, 7) is 2.96. The molecular weight excluding hydrogens is 288 g/mol. The van der Waals surface area contributed by atoms with Crippen molar-refractivity contribution < 1.29 is 9.59 Å². The van der Waals surface area contributed by atoms with Crippen LogP contribution in [0.2, 0.25) is 0 Å². The highest BCUT2D eigenvalue weighted by atomic mass is 32.1. The monoisotopic (exact) mass is 308 g/mol. The van der Waals surface area contributed by atoms with Crippen LogP contribution in [-0.2, 0) is 0 Å². The van der Waals surface area contributed by atoms with Gasteiger partial charge in [-0.2, -0.15) is 0 Å². The van der Waals surface area contributed by atoms with E-state index in [1.165, 1.54) is 16.2 Å². The lowest BCUT2D eigenvalue weighted by Crippen LogP contribution is -2.39. The fourth-order valence-corrected chi connectivity index (χ4v) is 2.40. The van der Waals surface area contributed by atoms with Gasteiger partial charge in [0.2, 0.25) is 0 Å². The van der Waals surface area contributed by atoms with Crippen LogP contribution in [0.5, 0.6) is 0 Å². The molecule has 0 radical (unpaired) electrons. The smallest absolute Gasteiger partial charge is 0.316 e. The molecule has 0 saturated carbocycles. The standard InChI is InChI=1S/C14H20N4O2S/c1-10-9-12(21-11(10)5-4-6-15)13(19)16-7-8-17-14(20)18(2)3/h9H,6-8,15H2,1-3H3,(H,16,19)(H,17,20). The lowest BCUT2D eigenvalue weighted by Gasteiger charge is -2.11. The summed E-state index contributed by atoms with van der Waals surface area (Å²) in [6.07, 6.45) is 0. The molecule has 0 atom stereocenters. The van der Waals surface area contributed by atoms with Crippen LogP contribution in [0.1, 0.15) is 20.1 Å². The first kappa shape index (κ1) is 17.0. The SMILES string of the molecule is Cc1cc(C(=O)NCCNC(=O)N(C)C)sc1C#CCN. The van der Waals surface area contributed by atoms with Gasteiger partial charge in [0.05, 0.1) is 16.3 Å². The van der Waals surface area contributed by atoms with Crippen molar-refractivity contribution in [2.75, 3.05) is 33.7 Å². The summed E-state index contributed by atoms with van der Waals surface area (Å²) in [5.41, 5.74) is 6.30.